The first-order valence-electron chi connectivity index (χ1n) is 4.07. The standard InChI is InChI=1S/C11H17NO/c1-6-7-9(2)10(3)11(13-5)8-12-4/h6-8,12H,1,3H2,2,4-5H3/b9-7+,11-8+. The molecule has 0 aromatic heterocycles. The van der Waals surface area contributed by atoms with Gasteiger partial charge >= 0.3 is 0 Å². The molecule has 0 saturated heterocycles. The van der Waals surface area contributed by atoms with Crippen molar-refractivity contribution in [1.29, 1.82) is 0 Å². The van der Waals surface area contributed by atoms with E-state index in [1.54, 1.807) is 19.4 Å². The lowest BCUT2D eigenvalue weighted by Gasteiger charge is -2.09. The van der Waals surface area contributed by atoms with E-state index in [9.17, 15) is 0 Å². The van der Waals surface area contributed by atoms with Crippen molar-refractivity contribution in [3.63, 3.8) is 0 Å². The molecule has 2 heteroatoms. The van der Waals surface area contributed by atoms with Gasteiger partial charge in [-0.25, -0.2) is 0 Å². The molecule has 0 rings (SSSR count). The fraction of sp³-hybridized carbons (Fsp3) is 0.273. The van der Waals surface area contributed by atoms with Gasteiger partial charge in [0.1, 0.15) is 5.76 Å². The van der Waals surface area contributed by atoms with Crippen LogP contribution in [-0.2, 0) is 4.74 Å². The molecule has 13 heavy (non-hydrogen) atoms. The van der Waals surface area contributed by atoms with Crippen molar-refractivity contribution in [3.8, 4) is 0 Å². The summed E-state index contributed by atoms with van der Waals surface area (Å²) in [6.07, 6.45) is 5.39. The summed E-state index contributed by atoms with van der Waals surface area (Å²) in [5, 5.41) is 2.90. The Balaban J connectivity index is 4.65. The van der Waals surface area contributed by atoms with E-state index in [1.807, 2.05) is 20.0 Å². The van der Waals surface area contributed by atoms with Crippen molar-refractivity contribution in [2.24, 2.45) is 0 Å². The molecule has 0 fully saturated rings. The van der Waals surface area contributed by atoms with E-state index < -0.39 is 0 Å². The molecular weight excluding hydrogens is 162 g/mol. The number of hydrogen-bond acceptors (Lipinski definition) is 2. The Hall–Kier alpha value is -1.44. The van der Waals surface area contributed by atoms with Crippen molar-refractivity contribution >= 4 is 0 Å². The number of ether oxygens (including phenoxy) is 1. The minimum Gasteiger partial charge on any atom is -0.495 e. The molecule has 0 radical (unpaired) electrons. The quantitative estimate of drug-likeness (QED) is 0.517. The molecular formula is C11H17NO. The van der Waals surface area contributed by atoms with Crippen LogP contribution in [0.25, 0.3) is 0 Å². The Morgan fingerprint density at radius 1 is 1.46 bits per heavy atom. The Bertz CT molecular complexity index is 249. The largest absolute Gasteiger partial charge is 0.495 e. The normalized spacial score (nSPS) is 12.2. The third kappa shape index (κ3) is 3.65. The first kappa shape index (κ1) is 11.6. The second kappa shape index (κ2) is 6.12. The zero-order valence-corrected chi connectivity index (χ0v) is 8.55. The van der Waals surface area contributed by atoms with Crippen LogP contribution in [0.5, 0.6) is 0 Å². The molecule has 0 aliphatic carbocycles. The van der Waals surface area contributed by atoms with Crippen molar-refractivity contribution in [3.05, 3.63) is 48.4 Å². The summed E-state index contributed by atoms with van der Waals surface area (Å²) in [7, 11) is 3.44. The van der Waals surface area contributed by atoms with Crippen LogP contribution in [0.2, 0.25) is 0 Å². The predicted molar refractivity (Wildman–Crippen MR) is 57.2 cm³/mol. The fourth-order valence-electron chi connectivity index (χ4n) is 0.872. The van der Waals surface area contributed by atoms with Gasteiger partial charge in [-0.15, -0.1) is 0 Å². The molecule has 0 aromatic rings. The molecule has 0 bridgehead atoms. The first-order valence-corrected chi connectivity index (χ1v) is 4.07. The van der Waals surface area contributed by atoms with Crippen LogP contribution in [-0.4, -0.2) is 14.2 Å². The molecule has 0 spiro atoms. The maximum Gasteiger partial charge on any atom is 0.141 e. The van der Waals surface area contributed by atoms with Crippen molar-refractivity contribution < 1.29 is 4.74 Å². The van der Waals surface area contributed by atoms with Crippen molar-refractivity contribution in [1.82, 2.24) is 5.32 Å². The molecule has 0 aliphatic rings. The van der Waals surface area contributed by atoms with Crippen LogP contribution >= 0.6 is 0 Å². The lowest BCUT2D eigenvalue weighted by atomic mass is 10.1. The van der Waals surface area contributed by atoms with E-state index in [0.717, 1.165) is 16.9 Å². The van der Waals surface area contributed by atoms with E-state index in [-0.39, 0.29) is 0 Å². The van der Waals surface area contributed by atoms with Gasteiger partial charge in [-0.1, -0.05) is 25.3 Å². The molecule has 0 saturated carbocycles. The molecule has 1 N–H and O–H groups in total. The summed E-state index contributed by atoms with van der Waals surface area (Å²) in [6, 6.07) is 0. The van der Waals surface area contributed by atoms with Crippen molar-refractivity contribution in [2.45, 2.75) is 6.92 Å². The molecule has 72 valence electrons. The van der Waals surface area contributed by atoms with Crippen LogP contribution < -0.4 is 5.32 Å². The summed E-state index contributed by atoms with van der Waals surface area (Å²) in [5.74, 6) is 0.734. The molecule has 0 unspecified atom stereocenters. The number of hydrogen-bond donors (Lipinski definition) is 1. The third-order valence-electron chi connectivity index (χ3n) is 1.64. The van der Waals surface area contributed by atoms with Gasteiger partial charge in [0.25, 0.3) is 0 Å². The van der Waals surface area contributed by atoms with Gasteiger partial charge in [0.15, 0.2) is 0 Å². The van der Waals surface area contributed by atoms with Gasteiger partial charge < -0.3 is 10.1 Å². The highest BCUT2D eigenvalue weighted by Crippen LogP contribution is 2.16. The minimum atomic E-state index is 0.734. The maximum absolute atomic E-state index is 5.14. The summed E-state index contributed by atoms with van der Waals surface area (Å²) < 4.78 is 5.14. The first-order chi connectivity index (χ1) is 6.17. The monoisotopic (exact) mass is 179 g/mol. The molecule has 0 aliphatic heterocycles. The zero-order valence-electron chi connectivity index (χ0n) is 8.55. The highest BCUT2D eigenvalue weighted by atomic mass is 16.5. The van der Waals surface area contributed by atoms with Crippen LogP contribution in [0.4, 0.5) is 0 Å². The van der Waals surface area contributed by atoms with Gasteiger partial charge in [0.2, 0.25) is 0 Å². The van der Waals surface area contributed by atoms with Crippen LogP contribution in [0, 0.1) is 0 Å². The molecule has 2 nitrogen and oxygen atoms in total. The van der Waals surface area contributed by atoms with Crippen LogP contribution in [0.3, 0.4) is 0 Å². The van der Waals surface area contributed by atoms with Crippen molar-refractivity contribution in [2.75, 3.05) is 14.2 Å². The van der Waals surface area contributed by atoms with E-state index >= 15 is 0 Å². The Labute approximate surface area is 80.3 Å². The highest BCUT2D eigenvalue weighted by Gasteiger charge is 2.02. The molecule has 0 heterocycles. The second-order valence-corrected chi connectivity index (χ2v) is 2.57. The fourth-order valence-corrected chi connectivity index (χ4v) is 0.872. The average molecular weight is 179 g/mol. The molecule has 0 amide bonds. The number of allylic oxidation sites excluding steroid dienone is 3. The van der Waals surface area contributed by atoms with E-state index in [4.69, 9.17) is 4.74 Å². The SMILES string of the molecule is C=C/C=C(\C)C(=C)/C(=C\NC)OC. The van der Waals surface area contributed by atoms with E-state index in [0.29, 0.717) is 0 Å². The van der Waals surface area contributed by atoms with Gasteiger partial charge in [0, 0.05) is 18.8 Å². The van der Waals surface area contributed by atoms with Crippen LogP contribution in [0.15, 0.2) is 48.4 Å². The summed E-state index contributed by atoms with van der Waals surface area (Å²) in [5.41, 5.74) is 1.90. The Kier molecular flexibility index (Phi) is 5.44. The number of rotatable bonds is 5. The van der Waals surface area contributed by atoms with E-state index in [1.165, 1.54) is 0 Å². The molecule has 0 aromatic carbocycles. The zero-order chi connectivity index (χ0) is 10.3. The Morgan fingerprint density at radius 2 is 2.08 bits per heavy atom. The minimum absolute atomic E-state index is 0.734. The Morgan fingerprint density at radius 3 is 2.46 bits per heavy atom. The molecule has 0 atom stereocenters. The van der Waals surface area contributed by atoms with Gasteiger partial charge in [-0.2, -0.15) is 0 Å². The van der Waals surface area contributed by atoms with Crippen LogP contribution in [0.1, 0.15) is 6.92 Å². The lowest BCUT2D eigenvalue weighted by molar-refractivity contribution is 0.299. The second-order valence-electron chi connectivity index (χ2n) is 2.57. The lowest BCUT2D eigenvalue weighted by Crippen LogP contribution is -2.01. The topological polar surface area (TPSA) is 21.3 Å². The maximum atomic E-state index is 5.14. The summed E-state index contributed by atoms with van der Waals surface area (Å²) in [6.45, 7) is 9.50. The number of methoxy groups -OCH3 is 1. The predicted octanol–water partition coefficient (Wildman–Crippen LogP) is 2.38. The average Bonchev–Trinajstić information content (AvgIpc) is 2.13. The third-order valence-corrected chi connectivity index (χ3v) is 1.64. The van der Waals surface area contributed by atoms with Gasteiger partial charge in [0.05, 0.1) is 7.11 Å². The summed E-state index contributed by atoms with van der Waals surface area (Å²) in [4.78, 5) is 0. The van der Waals surface area contributed by atoms with Gasteiger partial charge in [-0.05, 0) is 12.5 Å². The van der Waals surface area contributed by atoms with E-state index in [2.05, 4.69) is 18.5 Å². The number of nitrogens with one attached hydrogen (secondary N) is 1. The smallest absolute Gasteiger partial charge is 0.141 e. The van der Waals surface area contributed by atoms with Gasteiger partial charge in [-0.3, -0.25) is 0 Å². The summed E-state index contributed by atoms with van der Waals surface area (Å²) >= 11 is 0. The highest BCUT2D eigenvalue weighted by molar-refractivity contribution is 5.41.